The second-order valence-electron chi connectivity index (χ2n) is 6.17. The molecule has 0 spiro atoms. The van der Waals surface area contributed by atoms with Gasteiger partial charge >= 0.3 is 0 Å². The first-order valence-electron chi connectivity index (χ1n) is 8.14. The molecule has 0 fully saturated rings. The van der Waals surface area contributed by atoms with E-state index in [0.717, 1.165) is 0 Å². The van der Waals surface area contributed by atoms with Crippen molar-refractivity contribution in [1.29, 1.82) is 0 Å². The van der Waals surface area contributed by atoms with Gasteiger partial charge in [0.2, 0.25) is 0 Å². The number of ketones is 1. The van der Waals surface area contributed by atoms with E-state index >= 15 is 0 Å². The molecule has 3 rings (SSSR count). The Morgan fingerprint density at radius 2 is 1.73 bits per heavy atom. The van der Waals surface area contributed by atoms with Gasteiger partial charge in [-0.3, -0.25) is 19.1 Å². The number of aromatic nitrogens is 3. The molecule has 134 valence electrons. The molecule has 3 aromatic rings. The summed E-state index contributed by atoms with van der Waals surface area (Å²) in [5, 5.41) is 2.69. The third kappa shape index (κ3) is 2.88. The predicted molar refractivity (Wildman–Crippen MR) is 99.1 cm³/mol. The maximum Gasteiger partial charge on any atom is 0.295 e. The Labute approximate surface area is 150 Å². The molecule has 26 heavy (non-hydrogen) atoms. The molecule has 1 aromatic carbocycles. The summed E-state index contributed by atoms with van der Waals surface area (Å²) in [6.07, 6.45) is 1.59. The number of hydrogen-bond donors (Lipinski definition) is 1. The molecule has 0 aliphatic heterocycles. The summed E-state index contributed by atoms with van der Waals surface area (Å²) in [6, 6.07) is 10.7. The van der Waals surface area contributed by atoms with Gasteiger partial charge in [0, 0.05) is 25.9 Å². The van der Waals surface area contributed by atoms with Gasteiger partial charge < -0.3 is 9.88 Å². The van der Waals surface area contributed by atoms with Crippen LogP contribution in [-0.4, -0.2) is 25.6 Å². The summed E-state index contributed by atoms with van der Waals surface area (Å²) in [4.78, 5) is 37.0. The summed E-state index contributed by atoms with van der Waals surface area (Å²) < 4.78 is 4.76. The highest BCUT2D eigenvalue weighted by molar-refractivity contribution is 6.05. The normalized spacial score (nSPS) is 10.8. The number of nitrogens with zero attached hydrogens (tertiary/aromatic N) is 3. The second-order valence-corrected chi connectivity index (χ2v) is 6.17. The summed E-state index contributed by atoms with van der Waals surface area (Å²) in [5.74, 6) is -0.562. The van der Waals surface area contributed by atoms with E-state index in [1.807, 2.05) is 30.3 Å². The molecule has 7 nitrogen and oxygen atoms in total. The van der Waals surface area contributed by atoms with Gasteiger partial charge in [-0.2, -0.15) is 0 Å². The molecule has 0 bridgehead atoms. The van der Waals surface area contributed by atoms with E-state index in [9.17, 15) is 14.4 Å². The first kappa shape index (κ1) is 17.5. The van der Waals surface area contributed by atoms with E-state index in [4.69, 9.17) is 0 Å². The van der Waals surface area contributed by atoms with Gasteiger partial charge in [0.05, 0.1) is 11.4 Å². The maximum absolute atomic E-state index is 12.8. The fourth-order valence-electron chi connectivity index (χ4n) is 2.87. The van der Waals surface area contributed by atoms with Crippen molar-refractivity contribution < 1.29 is 9.59 Å². The molecule has 0 saturated heterocycles. The molecule has 2 aromatic heterocycles. The third-order valence-corrected chi connectivity index (χ3v) is 4.44. The van der Waals surface area contributed by atoms with Gasteiger partial charge in [-0.25, -0.2) is 4.68 Å². The molecule has 1 amide bonds. The van der Waals surface area contributed by atoms with Crippen molar-refractivity contribution >= 4 is 17.4 Å². The number of para-hydroxylation sites is 1. The van der Waals surface area contributed by atoms with Crippen LogP contribution in [0.1, 0.15) is 33.5 Å². The van der Waals surface area contributed by atoms with Crippen LogP contribution in [0.25, 0.3) is 5.69 Å². The van der Waals surface area contributed by atoms with Crippen molar-refractivity contribution in [3.8, 4) is 5.69 Å². The molecule has 2 heterocycles. The van der Waals surface area contributed by atoms with Gasteiger partial charge in [-0.15, -0.1) is 0 Å². The SMILES string of the molecule is CC(=O)c1cc(C(=O)Nc2c(C)n(C)n(-c3ccccc3)c2=O)n(C)c1. The van der Waals surface area contributed by atoms with E-state index in [1.54, 1.807) is 36.5 Å². The van der Waals surface area contributed by atoms with Crippen LogP contribution in [0.3, 0.4) is 0 Å². The van der Waals surface area contributed by atoms with Crippen LogP contribution in [0.4, 0.5) is 5.69 Å². The highest BCUT2D eigenvalue weighted by atomic mass is 16.2. The van der Waals surface area contributed by atoms with E-state index in [-0.39, 0.29) is 17.0 Å². The summed E-state index contributed by atoms with van der Waals surface area (Å²) in [6.45, 7) is 3.21. The van der Waals surface area contributed by atoms with Crippen LogP contribution in [0.15, 0.2) is 47.4 Å². The topological polar surface area (TPSA) is 78.0 Å². The molecular formula is C19H20N4O3. The van der Waals surface area contributed by atoms with E-state index in [2.05, 4.69) is 5.32 Å². The molecule has 0 radical (unpaired) electrons. The minimum Gasteiger partial charge on any atom is -0.346 e. The number of aryl methyl sites for hydroxylation is 1. The minimum absolute atomic E-state index is 0.123. The summed E-state index contributed by atoms with van der Waals surface area (Å²) in [7, 11) is 3.44. The largest absolute Gasteiger partial charge is 0.346 e. The van der Waals surface area contributed by atoms with E-state index in [0.29, 0.717) is 22.6 Å². The lowest BCUT2D eigenvalue weighted by Gasteiger charge is -2.07. The fraction of sp³-hybridized carbons (Fsp3) is 0.211. The van der Waals surface area contributed by atoms with Gasteiger partial charge in [-0.05, 0) is 32.0 Å². The molecule has 0 atom stereocenters. The lowest BCUT2D eigenvalue weighted by Crippen LogP contribution is -2.23. The van der Waals surface area contributed by atoms with Crippen LogP contribution in [-0.2, 0) is 14.1 Å². The van der Waals surface area contributed by atoms with Crippen molar-refractivity contribution in [2.75, 3.05) is 5.32 Å². The standard InChI is InChI=1S/C19H20N4O3/c1-12-17(19(26)23(22(12)4)15-8-6-5-7-9-15)20-18(25)16-10-14(13(2)24)11-21(16)3/h5-11H,1-4H3,(H,20,25). The Kier molecular flexibility index (Phi) is 4.38. The monoisotopic (exact) mass is 352 g/mol. The summed E-state index contributed by atoms with van der Waals surface area (Å²) >= 11 is 0. The van der Waals surface area contributed by atoms with E-state index < -0.39 is 5.91 Å². The Morgan fingerprint density at radius 3 is 2.31 bits per heavy atom. The van der Waals surface area contributed by atoms with Crippen molar-refractivity contribution in [3.05, 3.63) is 69.9 Å². The van der Waals surface area contributed by atoms with Gasteiger partial charge in [0.25, 0.3) is 11.5 Å². The minimum atomic E-state index is -0.439. The Hall–Kier alpha value is -3.35. The third-order valence-electron chi connectivity index (χ3n) is 4.44. The van der Waals surface area contributed by atoms with Crippen molar-refractivity contribution in [3.63, 3.8) is 0 Å². The Balaban J connectivity index is 2.00. The maximum atomic E-state index is 12.8. The Bertz CT molecular complexity index is 1050. The number of carbonyl (C=O) groups is 2. The quantitative estimate of drug-likeness (QED) is 0.732. The molecule has 0 saturated carbocycles. The second kappa shape index (κ2) is 6.51. The fourth-order valence-corrected chi connectivity index (χ4v) is 2.87. The lowest BCUT2D eigenvalue weighted by molar-refractivity contribution is 0.101. The zero-order chi connectivity index (χ0) is 19.0. The zero-order valence-electron chi connectivity index (χ0n) is 15.1. The zero-order valence-corrected chi connectivity index (χ0v) is 15.1. The summed E-state index contributed by atoms with van der Waals surface area (Å²) in [5.41, 5.74) is 2.00. The first-order valence-corrected chi connectivity index (χ1v) is 8.14. The number of nitrogens with one attached hydrogen (secondary N) is 1. The van der Waals surface area contributed by atoms with Crippen molar-refractivity contribution in [2.24, 2.45) is 14.1 Å². The number of amides is 1. The molecule has 0 unspecified atom stereocenters. The molecular weight excluding hydrogens is 332 g/mol. The van der Waals surface area contributed by atoms with Crippen LogP contribution in [0, 0.1) is 6.92 Å². The van der Waals surface area contributed by atoms with Gasteiger partial charge in [0.15, 0.2) is 5.78 Å². The highest BCUT2D eigenvalue weighted by Gasteiger charge is 2.20. The number of rotatable bonds is 4. The van der Waals surface area contributed by atoms with Crippen LogP contribution in [0.5, 0.6) is 0 Å². The first-order chi connectivity index (χ1) is 12.3. The number of anilines is 1. The van der Waals surface area contributed by atoms with Crippen LogP contribution >= 0.6 is 0 Å². The molecule has 1 N–H and O–H groups in total. The molecule has 0 aliphatic carbocycles. The molecule has 7 heteroatoms. The number of hydrogen-bond acceptors (Lipinski definition) is 3. The number of Topliss-reactive ketones (excluding diaryl/α,β-unsaturated/α-hetero) is 1. The number of carbonyl (C=O) groups excluding carboxylic acids is 2. The highest BCUT2D eigenvalue weighted by Crippen LogP contribution is 2.16. The average molecular weight is 352 g/mol. The molecule has 0 aliphatic rings. The smallest absolute Gasteiger partial charge is 0.295 e. The van der Waals surface area contributed by atoms with Gasteiger partial charge in [0.1, 0.15) is 11.4 Å². The Morgan fingerprint density at radius 1 is 1.08 bits per heavy atom. The van der Waals surface area contributed by atoms with Crippen molar-refractivity contribution in [1.82, 2.24) is 13.9 Å². The van der Waals surface area contributed by atoms with Crippen LogP contribution in [0.2, 0.25) is 0 Å². The van der Waals surface area contributed by atoms with Gasteiger partial charge in [-0.1, -0.05) is 18.2 Å². The van der Waals surface area contributed by atoms with E-state index in [1.165, 1.54) is 17.7 Å². The lowest BCUT2D eigenvalue weighted by atomic mass is 10.2. The van der Waals surface area contributed by atoms with Crippen molar-refractivity contribution in [2.45, 2.75) is 13.8 Å². The number of benzene rings is 1. The average Bonchev–Trinajstić information content (AvgIpc) is 3.10. The predicted octanol–water partition coefficient (Wildman–Crippen LogP) is 2.28. The van der Waals surface area contributed by atoms with Crippen LogP contribution < -0.4 is 10.9 Å².